The number of aromatic nitrogens is 1. The van der Waals surface area contributed by atoms with Crippen molar-refractivity contribution >= 4 is 30.7 Å². The zero-order valence-electron chi connectivity index (χ0n) is 11.0. The van der Waals surface area contributed by atoms with Crippen LogP contribution in [0.15, 0.2) is 24.5 Å². The van der Waals surface area contributed by atoms with E-state index in [0.717, 1.165) is 19.4 Å². The Hall–Kier alpha value is -0.840. The molecular weight excluding hydrogens is 285 g/mol. The fourth-order valence-electron chi connectivity index (χ4n) is 2.52. The second kappa shape index (κ2) is 8.35. The van der Waals surface area contributed by atoms with Crippen LogP contribution >= 0.6 is 24.8 Å². The van der Waals surface area contributed by atoms with Crippen molar-refractivity contribution < 1.29 is 4.79 Å². The van der Waals surface area contributed by atoms with Crippen LogP contribution < -0.4 is 5.73 Å². The van der Waals surface area contributed by atoms with Gasteiger partial charge in [0.25, 0.3) is 5.91 Å². The zero-order chi connectivity index (χ0) is 12.3. The topological polar surface area (TPSA) is 59.2 Å². The van der Waals surface area contributed by atoms with Gasteiger partial charge in [-0.15, -0.1) is 24.8 Å². The van der Waals surface area contributed by atoms with Crippen molar-refractivity contribution in [2.24, 2.45) is 11.7 Å². The Bertz CT molecular complexity index is 389. The third-order valence-corrected chi connectivity index (χ3v) is 3.53. The van der Waals surface area contributed by atoms with Crippen molar-refractivity contribution in [2.75, 3.05) is 13.1 Å². The predicted octanol–water partition coefficient (Wildman–Crippen LogP) is 2.12. The van der Waals surface area contributed by atoms with Gasteiger partial charge in [-0.25, -0.2) is 0 Å². The zero-order valence-corrected chi connectivity index (χ0v) is 12.6. The van der Waals surface area contributed by atoms with Gasteiger partial charge in [0.15, 0.2) is 0 Å². The molecule has 0 aliphatic carbocycles. The molecule has 1 aliphatic rings. The maximum absolute atomic E-state index is 12.3. The molecule has 0 radical (unpaired) electrons. The number of nitrogens with two attached hydrogens (primary N) is 1. The number of carbonyl (C=O) groups excluding carboxylic acids is 1. The number of piperidine rings is 1. The minimum absolute atomic E-state index is 0. The van der Waals surface area contributed by atoms with E-state index in [2.05, 4.69) is 11.9 Å². The number of nitrogens with zero attached hydrogens (tertiary/aromatic N) is 2. The number of amides is 1. The predicted molar refractivity (Wildman–Crippen MR) is 81.0 cm³/mol. The number of hydrogen-bond acceptors (Lipinski definition) is 3. The number of halogens is 2. The van der Waals surface area contributed by atoms with Gasteiger partial charge in [0, 0.05) is 31.5 Å². The van der Waals surface area contributed by atoms with Crippen molar-refractivity contribution in [3.8, 4) is 0 Å². The van der Waals surface area contributed by atoms with Crippen LogP contribution in [0.4, 0.5) is 0 Å². The molecular formula is C13H21Cl2N3O. The molecule has 0 saturated carbocycles. The molecule has 2 atom stereocenters. The van der Waals surface area contributed by atoms with Gasteiger partial charge >= 0.3 is 0 Å². The fourth-order valence-corrected chi connectivity index (χ4v) is 2.52. The van der Waals surface area contributed by atoms with Crippen LogP contribution in [-0.4, -0.2) is 34.9 Å². The van der Waals surface area contributed by atoms with Crippen molar-refractivity contribution in [1.82, 2.24) is 9.88 Å². The molecule has 6 heteroatoms. The lowest BCUT2D eigenvalue weighted by Crippen LogP contribution is -2.51. The lowest BCUT2D eigenvalue weighted by molar-refractivity contribution is 0.0532. The maximum atomic E-state index is 12.3. The van der Waals surface area contributed by atoms with Crippen LogP contribution in [0.1, 0.15) is 30.1 Å². The van der Waals surface area contributed by atoms with Gasteiger partial charge in [-0.3, -0.25) is 9.78 Å². The molecule has 2 heterocycles. The van der Waals surface area contributed by atoms with Crippen LogP contribution in [0.5, 0.6) is 0 Å². The smallest absolute Gasteiger partial charge is 0.255 e. The molecule has 19 heavy (non-hydrogen) atoms. The molecule has 1 amide bonds. The fraction of sp³-hybridized carbons (Fsp3) is 0.538. The normalized spacial score (nSPS) is 22.1. The van der Waals surface area contributed by atoms with Crippen molar-refractivity contribution in [3.05, 3.63) is 30.1 Å². The molecule has 0 bridgehead atoms. The second-order valence-electron chi connectivity index (χ2n) is 4.66. The standard InChI is InChI=1S/C13H19N3O.2ClH/c1-10-4-3-7-16(12(10)8-14)13(17)11-5-2-6-15-9-11;;/h2,5-6,9-10,12H,3-4,7-8,14H2,1H3;2*1H. The Morgan fingerprint density at radius 2 is 2.26 bits per heavy atom. The average Bonchev–Trinajstić information content (AvgIpc) is 2.38. The number of hydrogen-bond donors (Lipinski definition) is 1. The van der Waals surface area contributed by atoms with Gasteiger partial charge in [-0.2, -0.15) is 0 Å². The molecule has 1 aromatic rings. The minimum Gasteiger partial charge on any atom is -0.334 e. The van der Waals surface area contributed by atoms with E-state index in [4.69, 9.17) is 5.73 Å². The van der Waals surface area contributed by atoms with Crippen LogP contribution in [-0.2, 0) is 0 Å². The minimum atomic E-state index is 0. The second-order valence-corrected chi connectivity index (χ2v) is 4.66. The first kappa shape index (κ1) is 18.2. The highest BCUT2D eigenvalue weighted by Crippen LogP contribution is 2.24. The third-order valence-electron chi connectivity index (χ3n) is 3.53. The van der Waals surface area contributed by atoms with E-state index >= 15 is 0 Å². The van der Waals surface area contributed by atoms with E-state index in [1.165, 1.54) is 0 Å². The number of pyridine rings is 1. The summed E-state index contributed by atoms with van der Waals surface area (Å²) in [5.74, 6) is 0.537. The molecule has 0 spiro atoms. The van der Waals surface area contributed by atoms with E-state index in [9.17, 15) is 4.79 Å². The van der Waals surface area contributed by atoms with E-state index in [-0.39, 0.29) is 36.8 Å². The Morgan fingerprint density at radius 1 is 1.53 bits per heavy atom. The van der Waals surface area contributed by atoms with Gasteiger partial charge in [-0.1, -0.05) is 6.92 Å². The molecule has 1 fully saturated rings. The quantitative estimate of drug-likeness (QED) is 0.910. The first-order valence-electron chi connectivity index (χ1n) is 6.15. The highest BCUT2D eigenvalue weighted by Gasteiger charge is 2.31. The molecule has 2 unspecified atom stereocenters. The first-order chi connectivity index (χ1) is 8.24. The third kappa shape index (κ3) is 4.06. The molecule has 4 nitrogen and oxygen atoms in total. The Labute approximate surface area is 126 Å². The molecule has 108 valence electrons. The number of likely N-dealkylation sites (tertiary alicyclic amines) is 1. The summed E-state index contributed by atoms with van der Waals surface area (Å²) in [6, 6.07) is 3.76. The summed E-state index contributed by atoms with van der Waals surface area (Å²) >= 11 is 0. The monoisotopic (exact) mass is 305 g/mol. The van der Waals surface area contributed by atoms with Crippen molar-refractivity contribution in [1.29, 1.82) is 0 Å². The van der Waals surface area contributed by atoms with Gasteiger partial charge < -0.3 is 10.6 Å². The van der Waals surface area contributed by atoms with Crippen LogP contribution in [0, 0.1) is 5.92 Å². The van der Waals surface area contributed by atoms with Gasteiger partial charge in [-0.05, 0) is 30.9 Å². The Kier molecular flexibility index (Phi) is 7.99. The summed E-state index contributed by atoms with van der Waals surface area (Å²) in [6.07, 6.45) is 5.51. The highest BCUT2D eigenvalue weighted by atomic mass is 35.5. The van der Waals surface area contributed by atoms with E-state index in [1.54, 1.807) is 18.5 Å². The van der Waals surface area contributed by atoms with Gasteiger partial charge in [0.05, 0.1) is 5.56 Å². The highest BCUT2D eigenvalue weighted by molar-refractivity contribution is 5.94. The Balaban J connectivity index is 0.00000162. The Morgan fingerprint density at radius 3 is 2.84 bits per heavy atom. The molecule has 0 aromatic carbocycles. The maximum Gasteiger partial charge on any atom is 0.255 e. The summed E-state index contributed by atoms with van der Waals surface area (Å²) in [6.45, 7) is 3.51. The van der Waals surface area contributed by atoms with Gasteiger partial charge in [0.2, 0.25) is 0 Å². The molecule has 1 aliphatic heterocycles. The van der Waals surface area contributed by atoms with Crippen LogP contribution in [0.2, 0.25) is 0 Å². The van der Waals surface area contributed by atoms with Crippen molar-refractivity contribution in [2.45, 2.75) is 25.8 Å². The number of carbonyl (C=O) groups is 1. The van der Waals surface area contributed by atoms with Gasteiger partial charge in [0.1, 0.15) is 0 Å². The molecule has 2 N–H and O–H groups in total. The summed E-state index contributed by atoms with van der Waals surface area (Å²) in [4.78, 5) is 18.2. The average molecular weight is 306 g/mol. The summed E-state index contributed by atoms with van der Waals surface area (Å²) in [5, 5.41) is 0. The summed E-state index contributed by atoms with van der Waals surface area (Å²) in [7, 11) is 0. The lowest BCUT2D eigenvalue weighted by atomic mass is 9.90. The van der Waals surface area contributed by atoms with E-state index < -0.39 is 0 Å². The van der Waals surface area contributed by atoms with E-state index in [0.29, 0.717) is 18.0 Å². The SMILES string of the molecule is CC1CCCN(C(=O)c2cccnc2)C1CN.Cl.Cl. The van der Waals surface area contributed by atoms with E-state index in [1.807, 2.05) is 11.0 Å². The molecule has 2 rings (SSSR count). The number of rotatable bonds is 2. The first-order valence-corrected chi connectivity index (χ1v) is 6.15. The van der Waals surface area contributed by atoms with Crippen LogP contribution in [0.3, 0.4) is 0 Å². The largest absolute Gasteiger partial charge is 0.334 e. The lowest BCUT2D eigenvalue weighted by Gasteiger charge is -2.39. The van der Waals surface area contributed by atoms with Crippen LogP contribution in [0.25, 0.3) is 0 Å². The summed E-state index contributed by atoms with van der Waals surface area (Å²) in [5.41, 5.74) is 6.44. The summed E-state index contributed by atoms with van der Waals surface area (Å²) < 4.78 is 0. The molecule has 1 aromatic heterocycles. The molecule has 1 saturated heterocycles. The van der Waals surface area contributed by atoms with Crippen molar-refractivity contribution in [3.63, 3.8) is 0 Å².